The van der Waals surface area contributed by atoms with Crippen LogP contribution < -0.4 is 10.1 Å². The molecule has 2 aromatic carbocycles. The molecule has 1 N–H and O–H groups in total. The predicted octanol–water partition coefficient (Wildman–Crippen LogP) is 4.78. The molecule has 0 aliphatic carbocycles. The van der Waals surface area contributed by atoms with Crippen LogP contribution in [0.25, 0.3) is 10.6 Å². The van der Waals surface area contributed by atoms with Gasteiger partial charge in [-0.25, -0.2) is 9.37 Å². The number of nitrogens with zero attached hydrogens (tertiary/aromatic N) is 2. The zero-order valence-electron chi connectivity index (χ0n) is 14.7. The van der Waals surface area contributed by atoms with Gasteiger partial charge in [0, 0.05) is 11.3 Å². The van der Waals surface area contributed by atoms with Gasteiger partial charge < -0.3 is 10.1 Å². The van der Waals surface area contributed by atoms with Crippen LogP contribution in [0, 0.1) is 24.1 Å². The number of amides is 1. The molecular weight excluding hydrogens is 365 g/mol. The van der Waals surface area contributed by atoms with Crippen molar-refractivity contribution in [2.24, 2.45) is 0 Å². The lowest BCUT2D eigenvalue weighted by atomic mass is 10.2. The Kier molecular flexibility index (Phi) is 5.48. The van der Waals surface area contributed by atoms with Crippen LogP contribution in [-0.4, -0.2) is 17.5 Å². The molecular formula is C20H16FN3O2S. The van der Waals surface area contributed by atoms with Crippen molar-refractivity contribution < 1.29 is 13.9 Å². The first kappa shape index (κ1) is 18.5. The summed E-state index contributed by atoms with van der Waals surface area (Å²) >= 11 is 1.27. The molecule has 0 fully saturated rings. The molecule has 0 aliphatic rings. The van der Waals surface area contributed by atoms with Crippen LogP contribution in [0.4, 0.5) is 10.1 Å². The van der Waals surface area contributed by atoms with E-state index in [4.69, 9.17) is 10.00 Å². The number of hydrogen-bond acceptors (Lipinski definition) is 5. The third-order valence-corrected chi connectivity index (χ3v) is 4.97. The van der Waals surface area contributed by atoms with Crippen molar-refractivity contribution in [1.29, 1.82) is 5.26 Å². The van der Waals surface area contributed by atoms with Crippen LogP contribution in [0.15, 0.2) is 42.5 Å². The van der Waals surface area contributed by atoms with Gasteiger partial charge in [-0.3, -0.25) is 4.79 Å². The quantitative estimate of drug-likeness (QED) is 0.690. The molecule has 0 saturated heterocycles. The highest BCUT2D eigenvalue weighted by molar-refractivity contribution is 7.17. The van der Waals surface area contributed by atoms with Gasteiger partial charge in [-0.1, -0.05) is 0 Å². The number of anilines is 1. The van der Waals surface area contributed by atoms with Gasteiger partial charge in [-0.2, -0.15) is 5.26 Å². The Morgan fingerprint density at radius 3 is 2.70 bits per heavy atom. The molecule has 5 nitrogen and oxygen atoms in total. The van der Waals surface area contributed by atoms with Gasteiger partial charge in [-0.15, -0.1) is 11.3 Å². The third kappa shape index (κ3) is 4.13. The fourth-order valence-corrected chi connectivity index (χ4v) is 3.43. The second-order valence-corrected chi connectivity index (χ2v) is 6.65. The molecule has 1 amide bonds. The van der Waals surface area contributed by atoms with E-state index in [0.29, 0.717) is 22.9 Å². The topological polar surface area (TPSA) is 75.0 Å². The zero-order chi connectivity index (χ0) is 19.4. The first-order valence-corrected chi connectivity index (χ1v) is 9.05. The van der Waals surface area contributed by atoms with Gasteiger partial charge in [-0.05, 0) is 56.3 Å². The van der Waals surface area contributed by atoms with Crippen LogP contribution in [-0.2, 0) is 0 Å². The van der Waals surface area contributed by atoms with Crippen LogP contribution in [0.1, 0.15) is 27.9 Å². The smallest absolute Gasteiger partial charge is 0.267 e. The van der Waals surface area contributed by atoms with E-state index in [1.807, 2.05) is 31.2 Å². The number of nitriles is 1. The number of benzene rings is 2. The summed E-state index contributed by atoms with van der Waals surface area (Å²) in [6.45, 7) is 4.27. The Morgan fingerprint density at radius 2 is 2.04 bits per heavy atom. The lowest BCUT2D eigenvalue weighted by molar-refractivity contribution is 0.103. The van der Waals surface area contributed by atoms with Crippen LogP contribution >= 0.6 is 11.3 Å². The van der Waals surface area contributed by atoms with Crippen molar-refractivity contribution in [2.45, 2.75) is 13.8 Å². The number of aromatic nitrogens is 1. The molecule has 0 spiro atoms. The Labute approximate surface area is 160 Å². The van der Waals surface area contributed by atoms with E-state index in [0.717, 1.165) is 22.4 Å². The van der Waals surface area contributed by atoms with Crippen molar-refractivity contribution in [3.63, 3.8) is 0 Å². The summed E-state index contributed by atoms with van der Waals surface area (Å²) in [7, 11) is 0. The number of hydrogen-bond donors (Lipinski definition) is 1. The van der Waals surface area contributed by atoms with Gasteiger partial charge in [0.25, 0.3) is 5.91 Å². The number of rotatable bonds is 5. The van der Waals surface area contributed by atoms with Crippen molar-refractivity contribution in [1.82, 2.24) is 4.98 Å². The summed E-state index contributed by atoms with van der Waals surface area (Å²) < 4.78 is 18.8. The average molecular weight is 381 g/mol. The number of halogens is 1. The fourth-order valence-electron chi connectivity index (χ4n) is 2.47. The summed E-state index contributed by atoms with van der Waals surface area (Å²) in [5, 5.41) is 12.3. The second-order valence-electron chi connectivity index (χ2n) is 5.65. The molecule has 3 rings (SSSR count). The molecule has 0 saturated carbocycles. The Hall–Kier alpha value is -3.24. The van der Waals surface area contributed by atoms with Crippen LogP contribution in [0.2, 0.25) is 0 Å². The molecule has 0 unspecified atom stereocenters. The Bertz CT molecular complexity index is 1020. The Morgan fingerprint density at radius 1 is 1.30 bits per heavy atom. The Balaban J connectivity index is 1.81. The molecule has 0 aliphatic heterocycles. The van der Waals surface area contributed by atoms with Gasteiger partial charge in [0.05, 0.1) is 17.9 Å². The van der Waals surface area contributed by atoms with Gasteiger partial charge in [0.15, 0.2) is 0 Å². The minimum Gasteiger partial charge on any atom is -0.494 e. The monoisotopic (exact) mass is 381 g/mol. The summed E-state index contributed by atoms with van der Waals surface area (Å²) in [6.07, 6.45) is 0. The first-order chi connectivity index (χ1) is 13.0. The molecule has 0 radical (unpaired) electrons. The lowest BCUT2D eigenvalue weighted by Gasteiger charge is -2.04. The number of aryl methyl sites for hydroxylation is 1. The van der Waals surface area contributed by atoms with E-state index < -0.39 is 5.82 Å². The van der Waals surface area contributed by atoms with E-state index in [2.05, 4.69) is 10.3 Å². The van der Waals surface area contributed by atoms with Crippen molar-refractivity contribution in [3.05, 3.63) is 64.4 Å². The second kappa shape index (κ2) is 7.98. The van der Waals surface area contributed by atoms with E-state index in [1.54, 1.807) is 13.0 Å². The molecule has 7 heteroatoms. The third-order valence-electron chi connectivity index (χ3n) is 3.76. The highest BCUT2D eigenvalue weighted by Gasteiger charge is 2.17. The van der Waals surface area contributed by atoms with E-state index in [9.17, 15) is 9.18 Å². The maximum atomic E-state index is 13.4. The molecule has 0 atom stereocenters. The maximum Gasteiger partial charge on any atom is 0.267 e. The zero-order valence-corrected chi connectivity index (χ0v) is 15.6. The van der Waals surface area contributed by atoms with Crippen LogP contribution in [0.5, 0.6) is 5.75 Å². The highest BCUT2D eigenvalue weighted by Crippen LogP contribution is 2.30. The molecule has 27 heavy (non-hydrogen) atoms. The van der Waals surface area contributed by atoms with Crippen molar-refractivity contribution >= 4 is 22.9 Å². The largest absolute Gasteiger partial charge is 0.494 e. The summed E-state index contributed by atoms with van der Waals surface area (Å²) in [5.41, 5.74) is 1.72. The number of carbonyl (C=O) groups excluding carboxylic acids is 1. The van der Waals surface area contributed by atoms with Crippen molar-refractivity contribution in [2.75, 3.05) is 11.9 Å². The van der Waals surface area contributed by atoms with E-state index >= 15 is 0 Å². The van der Waals surface area contributed by atoms with Crippen LogP contribution in [0.3, 0.4) is 0 Å². The van der Waals surface area contributed by atoms with Crippen molar-refractivity contribution in [3.8, 4) is 22.4 Å². The molecule has 1 heterocycles. The minimum atomic E-state index is -0.623. The number of nitrogens with one attached hydrogen (secondary N) is 1. The summed E-state index contributed by atoms with van der Waals surface area (Å²) in [5.74, 6) is -0.197. The molecule has 136 valence electrons. The normalized spacial score (nSPS) is 10.3. The fraction of sp³-hybridized carbons (Fsp3) is 0.150. The van der Waals surface area contributed by atoms with Gasteiger partial charge in [0.1, 0.15) is 27.5 Å². The molecule has 1 aromatic heterocycles. The van der Waals surface area contributed by atoms with E-state index in [1.165, 1.54) is 23.5 Å². The predicted molar refractivity (Wildman–Crippen MR) is 103 cm³/mol. The summed E-state index contributed by atoms with van der Waals surface area (Å²) in [6, 6.07) is 13.1. The number of thiazole rings is 1. The minimum absolute atomic E-state index is 0.121. The highest BCUT2D eigenvalue weighted by atomic mass is 32.1. The standard InChI is InChI=1S/C20H16FN3O2S/c1-3-26-16-7-4-13(5-8-16)20-23-12(2)18(27-20)19(25)24-15-6-9-17(21)14(10-15)11-22/h4-10H,3H2,1-2H3,(H,24,25). The van der Waals surface area contributed by atoms with E-state index in [-0.39, 0.29) is 11.5 Å². The number of ether oxygens (including phenoxy) is 1. The van der Waals surface area contributed by atoms with Gasteiger partial charge >= 0.3 is 0 Å². The molecule has 3 aromatic rings. The maximum absolute atomic E-state index is 13.4. The van der Waals surface area contributed by atoms with Gasteiger partial charge in [0.2, 0.25) is 0 Å². The number of carbonyl (C=O) groups is 1. The molecule has 0 bridgehead atoms. The first-order valence-electron chi connectivity index (χ1n) is 8.23. The average Bonchev–Trinajstić information content (AvgIpc) is 3.06. The summed E-state index contributed by atoms with van der Waals surface area (Å²) in [4.78, 5) is 17.5. The lowest BCUT2D eigenvalue weighted by Crippen LogP contribution is -2.11. The SMILES string of the molecule is CCOc1ccc(-c2nc(C)c(C(=O)Nc3ccc(F)c(C#N)c3)s2)cc1.